The molecule has 1 aliphatic heterocycles. The minimum Gasteiger partial charge on any atom is -0.472 e. The number of anilines is 1. The molecule has 1 aromatic heterocycles. The van der Waals surface area contributed by atoms with E-state index < -0.39 is 0 Å². The number of furan rings is 1. The Hall–Kier alpha value is -2.63. The zero-order valence-corrected chi connectivity index (χ0v) is 19.1. The molecule has 1 atom stereocenters. The Kier molecular flexibility index (Phi) is 5.43. The predicted molar refractivity (Wildman–Crippen MR) is 124 cm³/mol. The van der Waals surface area contributed by atoms with Crippen LogP contribution in [-0.4, -0.2) is 31.2 Å². The minimum absolute atomic E-state index is 0.202. The lowest BCUT2D eigenvalue weighted by Crippen LogP contribution is -2.22. The molecule has 0 saturated heterocycles. The third-order valence-electron chi connectivity index (χ3n) is 5.25. The third-order valence-corrected chi connectivity index (χ3v) is 6.86. The number of fused-ring (bicyclic) bond motifs is 1. The van der Waals surface area contributed by atoms with Crippen LogP contribution in [0, 0.1) is 21.7 Å². The maximum atomic E-state index is 16.1. The Morgan fingerprint density at radius 2 is 2.07 bits per heavy atom. The lowest BCUT2D eigenvalue weighted by Gasteiger charge is -2.17. The first-order chi connectivity index (χ1) is 14.3. The summed E-state index contributed by atoms with van der Waals surface area (Å²) >= 11 is 1.29. The summed E-state index contributed by atoms with van der Waals surface area (Å²) in [6.07, 6.45) is 3.20. The van der Waals surface area contributed by atoms with Gasteiger partial charge in [0, 0.05) is 53.0 Å². The van der Waals surface area contributed by atoms with E-state index in [1.807, 2.05) is 50.2 Å². The van der Waals surface area contributed by atoms with Gasteiger partial charge in [-0.05, 0) is 41.7 Å². The van der Waals surface area contributed by atoms with Crippen LogP contribution in [0.3, 0.4) is 0 Å². The molecule has 2 heterocycles. The quantitative estimate of drug-likeness (QED) is 0.614. The molecule has 0 radical (unpaired) electrons. The van der Waals surface area contributed by atoms with Gasteiger partial charge in [-0.3, -0.25) is 5.41 Å². The summed E-state index contributed by atoms with van der Waals surface area (Å²) in [7, 11) is 8.26. The van der Waals surface area contributed by atoms with Crippen molar-refractivity contribution in [3.8, 4) is 11.1 Å². The molecule has 4 rings (SSSR count). The second kappa shape index (κ2) is 7.89. The number of thioether (sulfide) groups is 1. The number of hydrogen-bond acceptors (Lipinski definition) is 5. The summed E-state index contributed by atoms with van der Waals surface area (Å²) in [4.78, 5) is 7.23. The Morgan fingerprint density at radius 1 is 1.30 bits per heavy atom. The summed E-state index contributed by atoms with van der Waals surface area (Å²) in [5.74, 6) is -0.357. The molecule has 0 amide bonds. The van der Waals surface area contributed by atoms with Crippen molar-refractivity contribution in [1.82, 2.24) is 4.90 Å². The fourth-order valence-electron chi connectivity index (χ4n) is 3.56. The first kappa shape index (κ1) is 20.6. The van der Waals surface area contributed by atoms with Crippen molar-refractivity contribution >= 4 is 42.9 Å². The number of halogens is 1. The van der Waals surface area contributed by atoms with Gasteiger partial charge in [0.15, 0.2) is 11.0 Å². The van der Waals surface area contributed by atoms with Crippen molar-refractivity contribution in [3.63, 3.8) is 0 Å². The normalized spacial score (nSPS) is 14.9. The Bertz CT molecular complexity index is 1380. The zero-order chi connectivity index (χ0) is 21.6. The number of rotatable bonds is 3. The van der Waals surface area contributed by atoms with E-state index >= 15 is 4.39 Å². The van der Waals surface area contributed by atoms with E-state index in [0.717, 1.165) is 26.7 Å². The molecule has 2 N–H and O–H groups in total. The van der Waals surface area contributed by atoms with Gasteiger partial charge in [0.05, 0.1) is 23.6 Å². The number of amidine groups is 1. The largest absolute Gasteiger partial charge is 0.472 e. The second-order valence-corrected chi connectivity index (χ2v) is 8.80. The highest BCUT2D eigenvalue weighted by molar-refractivity contribution is 8.14. The molecule has 3 aromatic rings. The van der Waals surface area contributed by atoms with Crippen LogP contribution >= 0.6 is 21.0 Å². The summed E-state index contributed by atoms with van der Waals surface area (Å²) in [5.41, 5.74) is 2.85. The topological polar surface area (TPSA) is 64.6 Å². The molecule has 8 heteroatoms. The number of hydrogen-bond donors (Lipinski definition) is 2. The van der Waals surface area contributed by atoms with E-state index in [9.17, 15) is 0 Å². The van der Waals surface area contributed by atoms with Crippen molar-refractivity contribution in [2.24, 2.45) is 4.99 Å². The van der Waals surface area contributed by atoms with Crippen molar-refractivity contribution in [2.45, 2.75) is 11.8 Å². The average molecular weight is 440 g/mol. The summed E-state index contributed by atoms with van der Waals surface area (Å²) < 4.78 is 21.4. The zero-order valence-electron chi connectivity index (χ0n) is 17.1. The van der Waals surface area contributed by atoms with Crippen molar-refractivity contribution in [1.29, 1.82) is 5.41 Å². The smallest absolute Gasteiger partial charge is 0.185 e. The van der Waals surface area contributed by atoms with Crippen LogP contribution in [0.2, 0.25) is 0 Å². The van der Waals surface area contributed by atoms with Crippen LogP contribution in [0.5, 0.6) is 0 Å². The van der Waals surface area contributed by atoms with Crippen LogP contribution in [0.15, 0.2) is 51.1 Å². The van der Waals surface area contributed by atoms with Crippen molar-refractivity contribution < 1.29 is 8.81 Å². The van der Waals surface area contributed by atoms with Gasteiger partial charge in [-0.2, -0.15) is 0 Å². The molecule has 0 saturated carbocycles. The molecule has 0 fully saturated rings. The van der Waals surface area contributed by atoms with Gasteiger partial charge >= 0.3 is 0 Å². The highest BCUT2D eigenvalue weighted by Gasteiger charge is 2.19. The fraction of sp³-hybridized carbons (Fsp3) is 0.182. The SMILES string of the molecule is CNc1c(F)/c(=c2\ccc(P)c3c2=NC(=N)S3)c(-c2ccoc2)c/c1=C(/C)N(C)C. The van der Waals surface area contributed by atoms with Crippen molar-refractivity contribution in [3.05, 3.63) is 63.6 Å². The highest BCUT2D eigenvalue weighted by atomic mass is 32.2. The maximum absolute atomic E-state index is 16.1. The lowest BCUT2D eigenvalue weighted by atomic mass is 10.00. The number of nitrogens with one attached hydrogen (secondary N) is 2. The van der Waals surface area contributed by atoms with Gasteiger partial charge in [-0.1, -0.05) is 12.1 Å². The van der Waals surface area contributed by atoms with Crippen LogP contribution in [0.1, 0.15) is 6.92 Å². The fourth-order valence-corrected chi connectivity index (χ4v) is 4.74. The van der Waals surface area contributed by atoms with Gasteiger partial charge in [-0.15, -0.1) is 9.24 Å². The number of benzene rings is 2. The molecule has 1 unspecified atom stereocenters. The monoisotopic (exact) mass is 440 g/mol. The van der Waals surface area contributed by atoms with E-state index in [1.54, 1.807) is 19.6 Å². The Balaban J connectivity index is 2.35. The Labute approximate surface area is 180 Å². The standard InChI is InChI=1S/C22H22FN4OPS/c1-11(27(3)4)14-9-15(12-7-8-28-10-12)17(18(23)19(14)25-2)13-5-6-16(29)21-20(13)26-22(24)30-21/h5-10,24-25H,29H2,1-4H3/b14-11+,17-13+,24-22?. The molecule has 30 heavy (non-hydrogen) atoms. The summed E-state index contributed by atoms with van der Waals surface area (Å²) in [6.45, 7) is 1.96. The molecule has 5 nitrogen and oxygen atoms in total. The van der Waals surface area contributed by atoms with Crippen LogP contribution in [0.4, 0.5) is 10.1 Å². The van der Waals surface area contributed by atoms with E-state index in [2.05, 4.69) is 19.5 Å². The molecule has 0 aliphatic carbocycles. The molecule has 2 aromatic carbocycles. The van der Waals surface area contributed by atoms with Gasteiger partial charge in [0.2, 0.25) is 0 Å². The van der Waals surface area contributed by atoms with Crippen LogP contribution in [-0.2, 0) is 0 Å². The average Bonchev–Trinajstić information content (AvgIpc) is 3.37. The lowest BCUT2D eigenvalue weighted by molar-refractivity contribution is 0.568. The van der Waals surface area contributed by atoms with E-state index in [4.69, 9.17) is 9.83 Å². The molecule has 154 valence electrons. The van der Waals surface area contributed by atoms with Crippen LogP contribution in [0.25, 0.3) is 16.8 Å². The van der Waals surface area contributed by atoms with Gasteiger partial charge in [-0.25, -0.2) is 9.38 Å². The first-order valence-corrected chi connectivity index (χ1v) is 10.7. The third kappa shape index (κ3) is 3.32. The summed E-state index contributed by atoms with van der Waals surface area (Å²) in [5, 5.41) is 14.7. The van der Waals surface area contributed by atoms with Crippen molar-refractivity contribution in [2.75, 3.05) is 26.5 Å². The number of nitrogens with zero attached hydrogens (tertiary/aromatic N) is 2. The Morgan fingerprint density at radius 3 is 2.70 bits per heavy atom. The first-order valence-electron chi connectivity index (χ1n) is 9.32. The molecular weight excluding hydrogens is 418 g/mol. The van der Waals surface area contributed by atoms with E-state index in [-0.39, 0.29) is 11.0 Å². The van der Waals surface area contributed by atoms with Gasteiger partial charge in [0.25, 0.3) is 0 Å². The predicted octanol–water partition coefficient (Wildman–Crippen LogP) is 3.26. The molecular formula is C22H22FN4OPS. The molecule has 0 spiro atoms. The van der Waals surface area contributed by atoms with E-state index in [1.165, 1.54) is 11.8 Å². The van der Waals surface area contributed by atoms with Gasteiger partial charge < -0.3 is 14.6 Å². The second-order valence-electron chi connectivity index (χ2n) is 7.18. The van der Waals surface area contributed by atoms with Crippen LogP contribution < -0.4 is 21.2 Å². The maximum Gasteiger partial charge on any atom is 0.185 e. The minimum atomic E-state index is -0.357. The van der Waals surface area contributed by atoms with Gasteiger partial charge in [0.1, 0.15) is 0 Å². The highest BCUT2D eigenvalue weighted by Crippen LogP contribution is 2.27. The van der Waals surface area contributed by atoms with E-state index in [0.29, 0.717) is 27.0 Å². The molecule has 0 bridgehead atoms. The summed E-state index contributed by atoms with van der Waals surface area (Å²) in [6, 6.07) is 7.60. The molecule has 1 aliphatic rings.